The Bertz CT molecular complexity index is 794. The van der Waals surface area contributed by atoms with Crippen LogP contribution in [-0.2, 0) is 11.3 Å². The number of nitro benzene ring substituents is 2. The molecule has 2 aromatic rings. The quantitative estimate of drug-likeness (QED) is 0.412. The molecule has 2 aromatic carbocycles. The number of carbonyl (C=O) groups is 1. The summed E-state index contributed by atoms with van der Waals surface area (Å²) in [5, 5.41) is 24.8. The molecule has 9 nitrogen and oxygen atoms in total. The average Bonchev–Trinajstić information content (AvgIpc) is 2.62. The number of hydrogen-bond acceptors (Lipinski definition) is 6. The van der Waals surface area contributed by atoms with Crippen LogP contribution < -0.4 is 5.32 Å². The molecule has 0 heterocycles. The van der Waals surface area contributed by atoms with Gasteiger partial charge in [-0.1, -0.05) is 31.2 Å². The number of non-ortho nitro benzene ring substituents is 2. The molecule has 144 valence electrons. The van der Waals surface area contributed by atoms with Crippen LogP contribution in [0.25, 0.3) is 0 Å². The van der Waals surface area contributed by atoms with Crippen molar-refractivity contribution < 1.29 is 19.4 Å². The summed E-state index contributed by atoms with van der Waals surface area (Å²) in [5.41, 5.74) is -0.301. The number of nitrogens with one attached hydrogen (secondary N) is 1. The van der Waals surface area contributed by atoms with Crippen LogP contribution in [0.2, 0.25) is 5.02 Å². The van der Waals surface area contributed by atoms with E-state index in [2.05, 4.69) is 5.32 Å². The van der Waals surface area contributed by atoms with E-state index in [1.807, 2.05) is 12.1 Å². The Kier molecular flexibility index (Phi) is 8.31. The van der Waals surface area contributed by atoms with E-state index in [4.69, 9.17) is 16.3 Å². The van der Waals surface area contributed by atoms with Gasteiger partial charge >= 0.3 is 0 Å². The van der Waals surface area contributed by atoms with E-state index in [0.29, 0.717) is 11.6 Å². The van der Waals surface area contributed by atoms with E-state index >= 15 is 0 Å². The van der Waals surface area contributed by atoms with Gasteiger partial charge in [-0.15, -0.1) is 0 Å². The molecule has 0 fully saturated rings. The molecule has 0 spiro atoms. The van der Waals surface area contributed by atoms with Gasteiger partial charge in [0, 0.05) is 23.7 Å². The molecule has 0 saturated carbocycles. The molecular formula is C17H18ClN3O6. The number of carbonyl (C=O) groups excluding carboxylic acids is 1. The highest BCUT2D eigenvalue weighted by molar-refractivity contribution is 6.30. The third-order valence-electron chi connectivity index (χ3n) is 3.30. The van der Waals surface area contributed by atoms with Crippen molar-refractivity contribution >= 4 is 28.9 Å². The van der Waals surface area contributed by atoms with Crippen LogP contribution in [0.4, 0.5) is 11.4 Å². The minimum absolute atomic E-state index is 0. The fourth-order valence-electron chi connectivity index (χ4n) is 2.05. The SMILES string of the molecule is C.O=C(NCCOCc1ccc(Cl)cc1)c1cc([N+](=O)[O-])cc([N+](=O)[O-])c1. The summed E-state index contributed by atoms with van der Waals surface area (Å²) >= 11 is 5.78. The summed E-state index contributed by atoms with van der Waals surface area (Å²) in [6, 6.07) is 9.85. The van der Waals surface area contributed by atoms with Crippen molar-refractivity contribution in [3.63, 3.8) is 0 Å². The van der Waals surface area contributed by atoms with Crippen molar-refractivity contribution in [3.05, 3.63) is 78.8 Å². The zero-order valence-corrected chi connectivity index (χ0v) is 14.1. The van der Waals surface area contributed by atoms with Gasteiger partial charge in [-0.25, -0.2) is 0 Å². The Morgan fingerprint density at radius 2 is 1.59 bits per heavy atom. The summed E-state index contributed by atoms with van der Waals surface area (Å²) < 4.78 is 5.40. The minimum Gasteiger partial charge on any atom is -0.375 e. The Morgan fingerprint density at radius 3 is 2.11 bits per heavy atom. The number of amides is 1. The Morgan fingerprint density at radius 1 is 1.04 bits per heavy atom. The highest BCUT2D eigenvalue weighted by Crippen LogP contribution is 2.22. The second-order valence-electron chi connectivity index (χ2n) is 5.19. The van der Waals surface area contributed by atoms with E-state index in [1.54, 1.807) is 12.1 Å². The van der Waals surface area contributed by atoms with Crippen LogP contribution in [0.1, 0.15) is 23.3 Å². The number of halogens is 1. The third-order valence-corrected chi connectivity index (χ3v) is 3.55. The van der Waals surface area contributed by atoms with Crippen molar-refractivity contribution in [2.45, 2.75) is 14.0 Å². The standard InChI is InChI=1S/C16H14ClN3O6.CH4/c17-13-3-1-11(2-4-13)10-26-6-5-18-16(21)12-7-14(19(22)23)9-15(8-12)20(24)25;/h1-4,7-9H,5-6,10H2,(H,18,21);1H4. The molecule has 0 aromatic heterocycles. The first-order valence-electron chi connectivity index (χ1n) is 7.41. The molecular weight excluding hydrogens is 378 g/mol. The molecule has 0 radical (unpaired) electrons. The van der Waals surface area contributed by atoms with Crippen LogP contribution in [0, 0.1) is 20.2 Å². The van der Waals surface area contributed by atoms with Crippen LogP contribution >= 0.6 is 11.6 Å². The molecule has 0 aliphatic rings. The van der Waals surface area contributed by atoms with E-state index < -0.39 is 27.1 Å². The van der Waals surface area contributed by atoms with Gasteiger partial charge in [0.2, 0.25) is 0 Å². The normalized spacial score (nSPS) is 9.96. The van der Waals surface area contributed by atoms with Crippen LogP contribution in [0.3, 0.4) is 0 Å². The number of rotatable bonds is 8. The Labute approximate surface area is 160 Å². The third kappa shape index (κ3) is 6.65. The lowest BCUT2D eigenvalue weighted by atomic mass is 10.1. The molecule has 1 N–H and O–H groups in total. The van der Waals surface area contributed by atoms with Gasteiger partial charge < -0.3 is 10.1 Å². The number of benzene rings is 2. The summed E-state index contributed by atoms with van der Waals surface area (Å²) in [5.74, 6) is -0.660. The minimum atomic E-state index is -0.793. The van der Waals surface area contributed by atoms with Gasteiger partial charge in [0.05, 0.1) is 34.7 Å². The van der Waals surface area contributed by atoms with Gasteiger partial charge in [-0.3, -0.25) is 25.0 Å². The zero-order chi connectivity index (χ0) is 19.1. The largest absolute Gasteiger partial charge is 0.375 e. The topological polar surface area (TPSA) is 125 Å². The second-order valence-corrected chi connectivity index (χ2v) is 5.62. The van der Waals surface area contributed by atoms with Gasteiger partial charge in [0.15, 0.2) is 0 Å². The number of nitrogens with zero attached hydrogens (tertiary/aromatic N) is 2. The lowest BCUT2D eigenvalue weighted by Gasteiger charge is -2.07. The van der Waals surface area contributed by atoms with Crippen molar-refractivity contribution in [3.8, 4) is 0 Å². The molecule has 10 heteroatoms. The van der Waals surface area contributed by atoms with Crippen LogP contribution in [0.15, 0.2) is 42.5 Å². The Balaban J connectivity index is 0.00000364. The lowest BCUT2D eigenvalue weighted by molar-refractivity contribution is -0.394. The molecule has 0 unspecified atom stereocenters. The van der Waals surface area contributed by atoms with E-state index in [-0.39, 0.29) is 26.1 Å². The molecule has 0 atom stereocenters. The monoisotopic (exact) mass is 395 g/mol. The lowest BCUT2D eigenvalue weighted by Crippen LogP contribution is -2.27. The van der Waals surface area contributed by atoms with Crippen LogP contribution in [-0.4, -0.2) is 28.9 Å². The summed E-state index contributed by atoms with van der Waals surface area (Å²) in [6.07, 6.45) is 0. The average molecular weight is 396 g/mol. The molecule has 0 aliphatic heterocycles. The van der Waals surface area contributed by atoms with Gasteiger partial charge in [-0.05, 0) is 17.7 Å². The van der Waals surface area contributed by atoms with Gasteiger partial charge in [0.1, 0.15) is 0 Å². The maximum absolute atomic E-state index is 12.0. The van der Waals surface area contributed by atoms with Crippen molar-refractivity contribution in [1.29, 1.82) is 0 Å². The fraction of sp³-hybridized carbons (Fsp3) is 0.235. The summed E-state index contributed by atoms with van der Waals surface area (Å²) in [6.45, 7) is 0.670. The zero-order valence-electron chi connectivity index (χ0n) is 13.4. The predicted molar refractivity (Wildman–Crippen MR) is 99.9 cm³/mol. The van der Waals surface area contributed by atoms with Crippen molar-refractivity contribution in [2.24, 2.45) is 0 Å². The fourth-order valence-corrected chi connectivity index (χ4v) is 2.17. The maximum Gasteiger partial charge on any atom is 0.277 e. The van der Waals surface area contributed by atoms with E-state index in [0.717, 1.165) is 23.8 Å². The number of ether oxygens (including phenoxy) is 1. The molecule has 2 rings (SSSR count). The van der Waals surface area contributed by atoms with Gasteiger partial charge in [-0.2, -0.15) is 0 Å². The van der Waals surface area contributed by atoms with Crippen LogP contribution in [0.5, 0.6) is 0 Å². The van der Waals surface area contributed by atoms with Crippen molar-refractivity contribution in [2.75, 3.05) is 13.2 Å². The molecule has 1 amide bonds. The van der Waals surface area contributed by atoms with Crippen molar-refractivity contribution in [1.82, 2.24) is 5.32 Å². The smallest absolute Gasteiger partial charge is 0.277 e. The van der Waals surface area contributed by atoms with Gasteiger partial charge in [0.25, 0.3) is 17.3 Å². The summed E-state index contributed by atoms with van der Waals surface area (Å²) in [4.78, 5) is 32.1. The van der Waals surface area contributed by atoms with E-state index in [9.17, 15) is 25.0 Å². The molecule has 0 bridgehead atoms. The highest BCUT2D eigenvalue weighted by atomic mass is 35.5. The molecule has 0 saturated heterocycles. The molecule has 0 aliphatic carbocycles. The maximum atomic E-state index is 12.0. The number of nitro groups is 2. The highest BCUT2D eigenvalue weighted by Gasteiger charge is 2.19. The first kappa shape index (κ1) is 22.0. The predicted octanol–water partition coefficient (Wildman–Crippen LogP) is 3.74. The first-order chi connectivity index (χ1) is 12.4. The number of hydrogen-bond donors (Lipinski definition) is 1. The first-order valence-corrected chi connectivity index (χ1v) is 7.79. The second kappa shape index (κ2) is 10.2. The summed E-state index contributed by atoms with van der Waals surface area (Å²) in [7, 11) is 0. The Hall–Kier alpha value is -3.04. The van der Waals surface area contributed by atoms with E-state index in [1.165, 1.54) is 0 Å². The molecule has 27 heavy (non-hydrogen) atoms.